The fraction of sp³-hybridized carbons (Fsp3) is 0.235. The molecule has 0 radical (unpaired) electrons. The number of rotatable bonds is 3. The monoisotopic (exact) mass is 252 g/mol. The molecule has 0 bridgehead atoms. The van der Waals surface area contributed by atoms with E-state index in [2.05, 4.69) is 24.3 Å². The topological polar surface area (TPSA) is 26.3 Å². The van der Waals surface area contributed by atoms with E-state index >= 15 is 0 Å². The highest BCUT2D eigenvalue weighted by Crippen LogP contribution is 2.36. The summed E-state index contributed by atoms with van der Waals surface area (Å²) in [5.74, 6) is 0.382. The van der Waals surface area contributed by atoms with E-state index in [0.717, 1.165) is 0 Å². The smallest absolute Gasteiger partial charge is 0.306 e. The van der Waals surface area contributed by atoms with Gasteiger partial charge in [-0.25, -0.2) is 0 Å². The third-order valence-corrected chi connectivity index (χ3v) is 3.68. The molecule has 2 nitrogen and oxygen atoms in total. The van der Waals surface area contributed by atoms with E-state index in [1.54, 1.807) is 0 Å². The molecule has 2 aromatic rings. The van der Waals surface area contributed by atoms with Gasteiger partial charge in [-0.15, -0.1) is 0 Å². The molecule has 0 aromatic heterocycles. The largest absolute Gasteiger partial charge is 0.465 e. The standard InChI is InChI=1S/C17H16O2/c18-16-11-15(12-19-16)17(13-7-3-1-4-8-13)14-9-5-2-6-10-14/h1-10,15,17H,11-12H2/t15-/m1/s1. The molecule has 2 aromatic carbocycles. The summed E-state index contributed by atoms with van der Waals surface area (Å²) in [4.78, 5) is 11.4. The van der Waals surface area contributed by atoms with Crippen molar-refractivity contribution in [3.05, 3.63) is 71.8 Å². The van der Waals surface area contributed by atoms with Gasteiger partial charge >= 0.3 is 5.97 Å². The summed E-state index contributed by atoms with van der Waals surface area (Å²) in [6, 6.07) is 20.7. The van der Waals surface area contributed by atoms with Crippen molar-refractivity contribution in [1.29, 1.82) is 0 Å². The maximum Gasteiger partial charge on any atom is 0.306 e. The van der Waals surface area contributed by atoms with Gasteiger partial charge in [-0.05, 0) is 11.1 Å². The molecule has 0 amide bonds. The molecule has 1 aliphatic rings. The Kier molecular flexibility index (Phi) is 3.32. The highest BCUT2D eigenvalue weighted by atomic mass is 16.5. The van der Waals surface area contributed by atoms with E-state index in [4.69, 9.17) is 4.74 Å². The van der Waals surface area contributed by atoms with Crippen LogP contribution in [0.4, 0.5) is 0 Å². The van der Waals surface area contributed by atoms with E-state index in [1.807, 2.05) is 36.4 Å². The zero-order valence-corrected chi connectivity index (χ0v) is 10.7. The van der Waals surface area contributed by atoms with Crippen LogP contribution in [0.25, 0.3) is 0 Å². The first-order valence-corrected chi connectivity index (χ1v) is 6.60. The fourth-order valence-electron chi connectivity index (χ4n) is 2.80. The molecule has 19 heavy (non-hydrogen) atoms. The molecular weight excluding hydrogens is 236 g/mol. The normalized spacial score (nSPS) is 18.6. The van der Waals surface area contributed by atoms with Crippen LogP contribution in [0.1, 0.15) is 23.5 Å². The Hall–Kier alpha value is -2.09. The van der Waals surface area contributed by atoms with E-state index in [-0.39, 0.29) is 17.8 Å². The lowest BCUT2D eigenvalue weighted by Crippen LogP contribution is -2.14. The number of cyclic esters (lactones) is 1. The van der Waals surface area contributed by atoms with Crippen LogP contribution in [0.3, 0.4) is 0 Å². The quantitative estimate of drug-likeness (QED) is 0.783. The van der Waals surface area contributed by atoms with Crippen LogP contribution in [-0.2, 0) is 9.53 Å². The number of carbonyl (C=O) groups is 1. The second-order valence-electron chi connectivity index (χ2n) is 4.95. The van der Waals surface area contributed by atoms with Crippen LogP contribution in [0.5, 0.6) is 0 Å². The van der Waals surface area contributed by atoms with E-state index in [1.165, 1.54) is 11.1 Å². The number of hydrogen-bond donors (Lipinski definition) is 0. The van der Waals surface area contributed by atoms with Gasteiger partial charge in [-0.2, -0.15) is 0 Å². The highest BCUT2D eigenvalue weighted by Gasteiger charge is 2.32. The zero-order valence-electron chi connectivity index (χ0n) is 10.7. The van der Waals surface area contributed by atoms with Crippen molar-refractivity contribution in [3.8, 4) is 0 Å². The lowest BCUT2D eigenvalue weighted by molar-refractivity contribution is -0.137. The van der Waals surface area contributed by atoms with Crippen LogP contribution in [0.2, 0.25) is 0 Å². The Labute approximate surface area is 113 Å². The maximum atomic E-state index is 11.4. The average Bonchev–Trinajstić information content (AvgIpc) is 2.88. The van der Waals surface area contributed by atoms with E-state index < -0.39 is 0 Å². The van der Waals surface area contributed by atoms with Crippen molar-refractivity contribution < 1.29 is 9.53 Å². The molecule has 3 rings (SSSR count). The van der Waals surface area contributed by atoms with Crippen LogP contribution < -0.4 is 0 Å². The molecule has 0 saturated carbocycles. The lowest BCUT2D eigenvalue weighted by atomic mass is 9.80. The van der Waals surface area contributed by atoms with E-state index in [0.29, 0.717) is 13.0 Å². The van der Waals surface area contributed by atoms with Crippen LogP contribution >= 0.6 is 0 Å². The fourth-order valence-corrected chi connectivity index (χ4v) is 2.80. The second kappa shape index (κ2) is 5.27. The van der Waals surface area contributed by atoms with Gasteiger partial charge in [0.2, 0.25) is 0 Å². The van der Waals surface area contributed by atoms with Gasteiger partial charge < -0.3 is 4.74 Å². The molecule has 0 aliphatic carbocycles. The molecule has 1 saturated heterocycles. The molecule has 1 fully saturated rings. The third kappa shape index (κ3) is 2.53. The van der Waals surface area contributed by atoms with Crippen molar-refractivity contribution in [2.24, 2.45) is 5.92 Å². The number of benzene rings is 2. The summed E-state index contributed by atoms with van der Waals surface area (Å²) in [5, 5.41) is 0. The van der Waals surface area contributed by atoms with Gasteiger partial charge in [-0.3, -0.25) is 4.79 Å². The molecule has 96 valence electrons. The Morgan fingerprint density at radius 2 is 1.42 bits per heavy atom. The first-order valence-electron chi connectivity index (χ1n) is 6.60. The number of carbonyl (C=O) groups excluding carboxylic acids is 1. The number of hydrogen-bond acceptors (Lipinski definition) is 2. The Morgan fingerprint density at radius 1 is 0.895 bits per heavy atom. The summed E-state index contributed by atoms with van der Waals surface area (Å²) >= 11 is 0. The molecule has 0 unspecified atom stereocenters. The maximum absolute atomic E-state index is 11.4. The summed E-state index contributed by atoms with van der Waals surface area (Å²) in [6.45, 7) is 0.521. The third-order valence-electron chi connectivity index (χ3n) is 3.68. The van der Waals surface area contributed by atoms with Gasteiger partial charge in [0.15, 0.2) is 0 Å². The SMILES string of the molecule is O=C1C[C@@H](C(c2ccccc2)c2ccccc2)CO1. The summed E-state index contributed by atoms with van der Waals surface area (Å²) in [5.41, 5.74) is 2.49. The summed E-state index contributed by atoms with van der Waals surface area (Å²) in [7, 11) is 0. The van der Waals surface area contributed by atoms with Crippen molar-refractivity contribution in [3.63, 3.8) is 0 Å². The van der Waals surface area contributed by atoms with Gasteiger partial charge in [0.25, 0.3) is 0 Å². The minimum Gasteiger partial charge on any atom is -0.465 e. The van der Waals surface area contributed by atoms with Crippen LogP contribution in [0.15, 0.2) is 60.7 Å². The van der Waals surface area contributed by atoms with E-state index in [9.17, 15) is 4.79 Å². The van der Waals surface area contributed by atoms with Crippen molar-refractivity contribution in [1.82, 2.24) is 0 Å². The van der Waals surface area contributed by atoms with Crippen LogP contribution in [-0.4, -0.2) is 12.6 Å². The minimum atomic E-state index is -0.0816. The van der Waals surface area contributed by atoms with Gasteiger partial charge in [-0.1, -0.05) is 60.7 Å². The summed E-state index contributed by atoms with van der Waals surface area (Å²) < 4.78 is 5.15. The molecular formula is C17H16O2. The van der Waals surface area contributed by atoms with Gasteiger partial charge in [0, 0.05) is 11.8 Å². The summed E-state index contributed by atoms with van der Waals surface area (Å²) in [6.07, 6.45) is 0.508. The van der Waals surface area contributed by atoms with Crippen molar-refractivity contribution in [2.75, 3.05) is 6.61 Å². The molecule has 1 heterocycles. The predicted molar refractivity (Wildman–Crippen MR) is 73.8 cm³/mol. The minimum absolute atomic E-state index is 0.0816. The van der Waals surface area contributed by atoms with Gasteiger partial charge in [0.05, 0.1) is 13.0 Å². The molecule has 1 atom stereocenters. The second-order valence-corrected chi connectivity index (χ2v) is 4.95. The van der Waals surface area contributed by atoms with Crippen molar-refractivity contribution >= 4 is 5.97 Å². The first kappa shape index (κ1) is 12.0. The first-order chi connectivity index (χ1) is 9.34. The molecule has 0 N–H and O–H groups in total. The molecule has 0 spiro atoms. The average molecular weight is 252 g/mol. The van der Waals surface area contributed by atoms with Crippen LogP contribution in [0, 0.1) is 5.92 Å². The van der Waals surface area contributed by atoms with Crippen molar-refractivity contribution in [2.45, 2.75) is 12.3 Å². The van der Waals surface area contributed by atoms with Gasteiger partial charge in [0.1, 0.15) is 0 Å². The number of ether oxygens (including phenoxy) is 1. The highest BCUT2D eigenvalue weighted by molar-refractivity contribution is 5.72. The lowest BCUT2D eigenvalue weighted by Gasteiger charge is -2.22. The Balaban J connectivity index is 1.99. The Bertz CT molecular complexity index is 508. The molecule has 2 heteroatoms. The zero-order chi connectivity index (χ0) is 13.1. The molecule has 1 aliphatic heterocycles. The Morgan fingerprint density at radius 3 is 1.84 bits per heavy atom. The predicted octanol–water partition coefficient (Wildman–Crippen LogP) is 3.38. The number of esters is 1.